The third-order valence-electron chi connectivity index (χ3n) is 2.93. The Morgan fingerprint density at radius 1 is 1.30 bits per heavy atom. The third-order valence-corrected chi connectivity index (χ3v) is 3.54. The Kier molecular flexibility index (Phi) is 4.39. The molecule has 0 aliphatic carbocycles. The number of rotatable bonds is 3. The molecule has 0 aromatic heterocycles. The molecule has 0 bridgehead atoms. The van der Waals surface area contributed by atoms with Crippen molar-refractivity contribution < 1.29 is 9.18 Å². The van der Waals surface area contributed by atoms with Gasteiger partial charge in [-0.25, -0.2) is 4.39 Å². The summed E-state index contributed by atoms with van der Waals surface area (Å²) in [5, 5.41) is 0. The van der Waals surface area contributed by atoms with E-state index in [0.717, 1.165) is 0 Å². The molecule has 0 atom stereocenters. The van der Waals surface area contributed by atoms with Crippen molar-refractivity contribution in [2.45, 2.75) is 6.92 Å². The molecule has 2 N–H and O–H groups in total. The van der Waals surface area contributed by atoms with Gasteiger partial charge in [-0.1, -0.05) is 12.1 Å². The fraction of sp³-hybridized carbons (Fsp3) is 0.133. The number of carbonyl (C=O) groups is 1. The van der Waals surface area contributed by atoms with Crippen LogP contribution in [0.25, 0.3) is 0 Å². The smallest absolute Gasteiger partial charge is 0.261 e. The maximum atomic E-state index is 14.0. The lowest BCUT2D eigenvalue weighted by Gasteiger charge is -2.21. The number of nitrogens with zero attached hydrogens (tertiary/aromatic N) is 1. The van der Waals surface area contributed by atoms with Crippen LogP contribution in [-0.4, -0.2) is 12.5 Å². The zero-order chi connectivity index (χ0) is 14.7. The third kappa shape index (κ3) is 2.82. The lowest BCUT2D eigenvalue weighted by atomic mass is 10.1. The van der Waals surface area contributed by atoms with E-state index < -0.39 is 11.7 Å². The summed E-state index contributed by atoms with van der Waals surface area (Å²) in [5.74, 6) is -0.947. The minimum absolute atomic E-state index is 0.0312. The molecule has 104 valence electrons. The van der Waals surface area contributed by atoms with Crippen LogP contribution in [0.3, 0.4) is 0 Å². The molecular weight excluding hydrogens is 323 g/mol. The zero-order valence-electron chi connectivity index (χ0n) is 10.9. The van der Waals surface area contributed by atoms with Crippen LogP contribution < -0.4 is 10.6 Å². The first-order valence-electron chi connectivity index (χ1n) is 6.16. The van der Waals surface area contributed by atoms with Crippen molar-refractivity contribution in [2.75, 3.05) is 17.2 Å². The van der Waals surface area contributed by atoms with Crippen LogP contribution in [0.4, 0.5) is 15.8 Å². The van der Waals surface area contributed by atoms with E-state index in [9.17, 15) is 9.18 Å². The Morgan fingerprint density at radius 3 is 2.65 bits per heavy atom. The molecule has 2 aromatic carbocycles. The average Bonchev–Trinajstić information content (AvgIpc) is 2.42. The topological polar surface area (TPSA) is 46.3 Å². The number of hydrogen-bond acceptors (Lipinski definition) is 2. The quantitative estimate of drug-likeness (QED) is 0.865. The van der Waals surface area contributed by atoms with E-state index in [4.69, 9.17) is 5.73 Å². The highest BCUT2D eigenvalue weighted by atomic mass is 79.9. The number of anilines is 2. The van der Waals surface area contributed by atoms with Gasteiger partial charge in [0, 0.05) is 17.9 Å². The van der Waals surface area contributed by atoms with Gasteiger partial charge in [0.2, 0.25) is 0 Å². The monoisotopic (exact) mass is 336 g/mol. The predicted octanol–water partition coefficient (Wildman–Crippen LogP) is 3.84. The van der Waals surface area contributed by atoms with Gasteiger partial charge in [-0.05, 0) is 53.2 Å². The summed E-state index contributed by atoms with van der Waals surface area (Å²) < 4.78 is 14.3. The molecule has 0 saturated carbocycles. The average molecular weight is 337 g/mol. The van der Waals surface area contributed by atoms with Gasteiger partial charge in [0.15, 0.2) is 0 Å². The predicted molar refractivity (Wildman–Crippen MR) is 82.3 cm³/mol. The van der Waals surface area contributed by atoms with Crippen LogP contribution in [0.1, 0.15) is 17.3 Å². The molecule has 5 heteroatoms. The van der Waals surface area contributed by atoms with E-state index in [1.807, 2.05) is 6.92 Å². The Hall–Kier alpha value is -1.88. The van der Waals surface area contributed by atoms with Crippen LogP contribution in [0.15, 0.2) is 46.9 Å². The summed E-state index contributed by atoms with van der Waals surface area (Å²) in [7, 11) is 0. The van der Waals surface area contributed by atoms with Gasteiger partial charge in [-0.3, -0.25) is 4.79 Å². The Balaban J connectivity index is 2.42. The lowest BCUT2D eigenvalue weighted by Crippen LogP contribution is -2.31. The summed E-state index contributed by atoms with van der Waals surface area (Å²) >= 11 is 3.09. The summed E-state index contributed by atoms with van der Waals surface area (Å²) in [6.07, 6.45) is 0. The Labute approximate surface area is 125 Å². The zero-order valence-corrected chi connectivity index (χ0v) is 12.5. The molecule has 0 fully saturated rings. The van der Waals surface area contributed by atoms with E-state index in [1.54, 1.807) is 36.4 Å². The van der Waals surface area contributed by atoms with Gasteiger partial charge in [0.05, 0.1) is 10.0 Å². The highest BCUT2D eigenvalue weighted by Crippen LogP contribution is 2.23. The fourth-order valence-corrected chi connectivity index (χ4v) is 2.32. The highest BCUT2D eigenvalue weighted by Gasteiger charge is 2.20. The van der Waals surface area contributed by atoms with Crippen LogP contribution >= 0.6 is 15.9 Å². The molecule has 20 heavy (non-hydrogen) atoms. The Bertz CT molecular complexity index is 646. The summed E-state index contributed by atoms with van der Waals surface area (Å²) in [5.41, 5.74) is 6.96. The highest BCUT2D eigenvalue weighted by molar-refractivity contribution is 9.10. The van der Waals surface area contributed by atoms with E-state index in [1.165, 1.54) is 11.0 Å². The first-order valence-corrected chi connectivity index (χ1v) is 6.95. The maximum Gasteiger partial charge on any atom is 0.261 e. The van der Waals surface area contributed by atoms with Crippen molar-refractivity contribution in [3.8, 4) is 0 Å². The molecule has 1 amide bonds. The van der Waals surface area contributed by atoms with Crippen molar-refractivity contribution >= 4 is 33.2 Å². The molecule has 0 aliphatic rings. The standard InChI is InChI=1S/C15H14BrFN2O/c1-2-19(11-6-3-5-10(18)9-11)15(20)12-7-4-8-13(16)14(12)17/h3-9H,2,18H2,1H3. The molecule has 0 aliphatic heterocycles. The molecule has 0 saturated heterocycles. The lowest BCUT2D eigenvalue weighted by molar-refractivity contribution is 0.0984. The maximum absolute atomic E-state index is 14.0. The van der Waals surface area contributed by atoms with Crippen molar-refractivity contribution in [3.63, 3.8) is 0 Å². The number of hydrogen-bond donors (Lipinski definition) is 1. The van der Waals surface area contributed by atoms with Crippen molar-refractivity contribution in [1.29, 1.82) is 0 Å². The largest absolute Gasteiger partial charge is 0.399 e. The van der Waals surface area contributed by atoms with E-state index in [2.05, 4.69) is 15.9 Å². The van der Waals surface area contributed by atoms with Crippen LogP contribution in [-0.2, 0) is 0 Å². The number of halogens is 2. The van der Waals surface area contributed by atoms with Gasteiger partial charge in [-0.15, -0.1) is 0 Å². The van der Waals surface area contributed by atoms with E-state index in [-0.39, 0.29) is 10.0 Å². The molecule has 0 unspecified atom stereocenters. The number of nitrogens with two attached hydrogens (primary N) is 1. The fourth-order valence-electron chi connectivity index (χ4n) is 1.95. The molecule has 3 nitrogen and oxygen atoms in total. The van der Waals surface area contributed by atoms with Crippen LogP contribution in [0, 0.1) is 5.82 Å². The van der Waals surface area contributed by atoms with Gasteiger partial charge >= 0.3 is 0 Å². The SMILES string of the molecule is CCN(C(=O)c1cccc(Br)c1F)c1cccc(N)c1. The van der Waals surface area contributed by atoms with Crippen LogP contribution in [0.5, 0.6) is 0 Å². The molecule has 0 spiro atoms. The second-order valence-corrected chi connectivity index (χ2v) is 5.10. The van der Waals surface area contributed by atoms with E-state index >= 15 is 0 Å². The second-order valence-electron chi connectivity index (χ2n) is 4.25. The first kappa shape index (κ1) is 14.5. The van der Waals surface area contributed by atoms with Gasteiger partial charge in [0.1, 0.15) is 5.82 Å². The van der Waals surface area contributed by atoms with Crippen molar-refractivity contribution in [2.24, 2.45) is 0 Å². The van der Waals surface area contributed by atoms with Crippen LogP contribution in [0.2, 0.25) is 0 Å². The van der Waals surface area contributed by atoms with Gasteiger partial charge in [-0.2, -0.15) is 0 Å². The number of nitrogen functional groups attached to an aromatic ring is 1. The number of amides is 1. The normalized spacial score (nSPS) is 10.3. The van der Waals surface area contributed by atoms with E-state index in [0.29, 0.717) is 17.9 Å². The van der Waals surface area contributed by atoms with Gasteiger partial charge < -0.3 is 10.6 Å². The summed E-state index contributed by atoms with van der Waals surface area (Å²) in [4.78, 5) is 14.0. The molecule has 0 radical (unpaired) electrons. The first-order chi connectivity index (χ1) is 9.54. The minimum atomic E-state index is -0.556. The van der Waals surface area contributed by atoms with Gasteiger partial charge in [0.25, 0.3) is 5.91 Å². The van der Waals surface area contributed by atoms with Crippen molar-refractivity contribution in [1.82, 2.24) is 0 Å². The molecule has 0 heterocycles. The number of carbonyl (C=O) groups excluding carboxylic acids is 1. The minimum Gasteiger partial charge on any atom is -0.399 e. The summed E-state index contributed by atoms with van der Waals surface area (Å²) in [6, 6.07) is 11.6. The van der Waals surface area contributed by atoms with Crippen molar-refractivity contribution in [3.05, 3.63) is 58.3 Å². The summed E-state index contributed by atoms with van der Waals surface area (Å²) in [6.45, 7) is 2.26. The molecular formula is C15H14BrFN2O. The number of benzene rings is 2. The Morgan fingerprint density at radius 2 is 2.00 bits per heavy atom. The second kappa shape index (κ2) is 6.05. The molecule has 2 aromatic rings. The molecule has 2 rings (SSSR count).